The van der Waals surface area contributed by atoms with E-state index in [1.807, 2.05) is 24.3 Å². The van der Waals surface area contributed by atoms with Gasteiger partial charge >= 0.3 is 5.71 Å². The van der Waals surface area contributed by atoms with Gasteiger partial charge in [0.05, 0.1) is 11.3 Å². The van der Waals surface area contributed by atoms with Crippen molar-refractivity contribution in [3.8, 4) is 0 Å². The van der Waals surface area contributed by atoms with Crippen molar-refractivity contribution in [3.63, 3.8) is 0 Å². The van der Waals surface area contributed by atoms with Gasteiger partial charge in [-0.15, -0.1) is 0 Å². The van der Waals surface area contributed by atoms with Crippen LogP contribution in [0.1, 0.15) is 17.5 Å². The molecule has 0 bridgehead atoms. The Morgan fingerprint density at radius 2 is 2.00 bits per heavy atom. The molecule has 0 saturated heterocycles. The van der Waals surface area contributed by atoms with Crippen molar-refractivity contribution in [2.24, 2.45) is 4.99 Å². The highest BCUT2D eigenvalue weighted by Crippen LogP contribution is 2.35. The quantitative estimate of drug-likeness (QED) is 0.471. The van der Waals surface area contributed by atoms with Gasteiger partial charge in [0, 0.05) is 18.2 Å². The lowest BCUT2D eigenvalue weighted by molar-refractivity contribution is -0.114. The standard InChI is InChI=1S/C12H7N3O/c13-15-12-8-4-2-1-3-7(8)11-10(12)9(16)5-6-14-11/h1-4,6H,5H2. The third-order valence-electron chi connectivity index (χ3n) is 2.79. The van der Waals surface area contributed by atoms with Crippen LogP contribution in [0.3, 0.4) is 0 Å². The fourth-order valence-electron chi connectivity index (χ4n) is 2.10. The summed E-state index contributed by atoms with van der Waals surface area (Å²) in [7, 11) is 0. The molecule has 1 aromatic carbocycles. The summed E-state index contributed by atoms with van der Waals surface area (Å²) in [5.74, 6) is -0.0472. The molecule has 4 heteroatoms. The molecule has 0 unspecified atom stereocenters. The van der Waals surface area contributed by atoms with Gasteiger partial charge in [-0.2, -0.15) is 4.79 Å². The molecule has 0 radical (unpaired) electrons. The molecule has 76 valence electrons. The first-order chi connectivity index (χ1) is 7.83. The van der Waals surface area contributed by atoms with E-state index in [4.69, 9.17) is 5.53 Å². The summed E-state index contributed by atoms with van der Waals surface area (Å²) < 4.78 is 0. The van der Waals surface area contributed by atoms with Crippen LogP contribution in [0.5, 0.6) is 0 Å². The Morgan fingerprint density at radius 1 is 1.25 bits per heavy atom. The number of carbonyl (C=O) groups excluding carboxylic acids is 1. The Hall–Kier alpha value is -2.32. The molecule has 0 amide bonds. The molecule has 4 nitrogen and oxygen atoms in total. The maximum Gasteiger partial charge on any atom is 0.336 e. The van der Waals surface area contributed by atoms with E-state index in [1.54, 1.807) is 6.21 Å². The van der Waals surface area contributed by atoms with Gasteiger partial charge in [0.2, 0.25) is 0 Å². The average Bonchev–Trinajstić information content (AvgIpc) is 2.65. The first kappa shape index (κ1) is 8.95. The summed E-state index contributed by atoms with van der Waals surface area (Å²) in [6, 6.07) is 7.42. The van der Waals surface area contributed by atoms with Crippen molar-refractivity contribution in [1.29, 1.82) is 0 Å². The molecule has 2 aliphatic rings. The van der Waals surface area contributed by atoms with Gasteiger partial charge in [0.1, 0.15) is 5.57 Å². The second kappa shape index (κ2) is 3.08. The monoisotopic (exact) mass is 209 g/mol. The van der Waals surface area contributed by atoms with Gasteiger partial charge in [-0.1, -0.05) is 18.2 Å². The van der Waals surface area contributed by atoms with Crippen LogP contribution in [0, 0.1) is 0 Å². The van der Waals surface area contributed by atoms with Gasteiger partial charge in [0.25, 0.3) is 0 Å². The van der Waals surface area contributed by atoms with Crippen LogP contribution < -0.4 is 0 Å². The zero-order chi connectivity index (χ0) is 11.1. The SMILES string of the molecule is [N-]=[N+]=C1C2=C(N=CCC2=O)c2ccccc21. The van der Waals surface area contributed by atoms with E-state index in [-0.39, 0.29) is 12.2 Å². The summed E-state index contributed by atoms with van der Waals surface area (Å²) in [4.78, 5) is 19.2. The highest BCUT2D eigenvalue weighted by atomic mass is 16.1. The van der Waals surface area contributed by atoms with E-state index in [1.165, 1.54) is 0 Å². The number of allylic oxidation sites excluding steroid dienone is 1. The second-order valence-corrected chi connectivity index (χ2v) is 3.66. The van der Waals surface area contributed by atoms with E-state index in [9.17, 15) is 4.79 Å². The minimum absolute atomic E-state index is 0.0472. The molecule has 16 heavy (non-hydrogen) atoms. The Balaban J connectivity index is 2.38. The van der Waals surface area contributed by atoms with Gasteiger partial charge < -0.3 is 5.53 Å². The number of carbonyl (C=O) groups is 1. The minimum atomic E-state index is -0.0472. The van der Waals surface area contributed by atoms with Crippen LogP contribution in [-0.4, -0.2) is 22.5 Å². The predicted octanol–water partition coefficient (Wildman–Crippen LogP) is 1.47. The molecule has 0 spiro atoms. The van der Waals surface area contributed by atoms with Crippen molar-refractivity contribution in [2.75, 3.05) is 0 Å². The third-order valence-corrected chi connectivity index (χ3v) is 2.79. The first-order valence-corrected chi connectivity index (χ1v) is 4.95. The smallest absolute Gasteiger partial charge is 0.336 e. The molecule has 0 fully saturated rings. The molecule has 1 aliphatic carbocycles. The molecule has 1 aliphatic heterocycles. The van der Waals surface area contributed by atoms with Crippen molar-refractivity contribution in [1.82, 2.24) is 0 Å². The van der Waals surface area contributed by atoms with Gasteiger partial charge in [-0.25, -0.2) is 0 Å². The maximum absolute atomic E-state index is 11.8. The lowest BCUT2D eigenvalue weighted by Gasteiger charge is -2.03. The van der Waals surface area contributed by atoms with E-state index in [0.29, 0.717) is 17.0 Å². The predicted molar refractivity (Wildman–Crippen MR) is 59.2 cm³/mol. The average molecular weight is 209 g/mol. The zero-order valence-corrected chi connectivity index (χ0v) is 8.34. The van der Waals surface area contributed by atoms with Crippen molar-refractivity contribution in [3.05, 3.63) is 46.5 Å². The van der Waals surface area contributed by atoms with Crippen LogP contribution in [0.2, 0.25) is 0 Å². The van der Waals surface area contributed by atoms with Gasteiger partial charge in [-0.3, -0.25) is 9.79 Å². The van der Waals surface area contributed by atoms with Crippen LogP contribution >= 0.6 is 0 Å². The molecule has 0 atom stereocenters. The van der Waals surface area contributed by atoms with E-state index in [2.05, 4.69) is 9.78 Å². The molecular weight excluding hydrogens is 202 g/mol. The van der Waals surface area contributed by atoms with Crippen LogP contribution in [0.15, 0.2) is 34.8 Å². The number of fused-ring (bicyclic) bond motifs is 2. The number of ketones is 1. The second-order valence-electron chi connectivity index (χ2n) is 3.66. The zero-order valence-electron chi connectivity index (χ0n) is 8.34. The molecular formula is C12H7N3O. The Bertz CT molecular complexity index is 619. The van der Waals surface area contributed by atoms with Crippen LogP contribution in [0.4, 0.5) is 0 Å². The summed E-state index contributed by atoms with van der Waals surface area (Å²) in [5, 5.41) is 0. The molecule has 0 aromatic heterocycles. The molecule has 1 heterocycles. The summed E-state index contributed by atoms with van der Waals surface area (Å²) >= 11 is 0. The van der Waals surface area contributed by atoms with E-state index < -0.39 is 0 Å². The molecule has 3 rings (SSSR count). The fourth-order valence-corrected chi connectivity index (χ4v) is 2.10. The lowest BCUT2D eigenvalue weighted by Crippen LogP contribution is -2.14. The Morgan fingerprint density at radius 3 is 2.75 bits per heavy atom. The fraction of sp³-hybridized carbons (Fsp3) is 0.0833. The number of nitrogens with zero attached hydrogens (tertiary/aromatic N) is 3. The summed E-state index contributed by atoms with van der Waals surface area (Å²) in [5.41, 5.74) is 12.0. The van der Waals surface area contributed by atoms with Crippen LogP contribution in [0.25, 0.3) is 11.2 Å². The molecule has 1 aromatic rings. The van der Waals surface area contributed by atoms with Crippen molar-refractivity contribution >= 4 is 23.4 Å². The lowest BCUT2D eigenvalue weighted by atomic mass is 10.0. The van der Waals surface area contributed by atoms with Crippen molar-refractivity contribution in [2.45, 2.75) is 6.42 Å². The number of aliphatic imine (C=N–C) groups is 1. The first-order valence-electron chi connectivity index (χ1n) is 4.95. The molecule has 0 saturated carbocycles. The molecule has 0 N–H and O–H groups in total. The normalized spacial score (nSPS) is 17.2. The maximum atomic E-state index is 11.8. The highest BCUT2D eigenvalue weighted by Gasteiger charge is 2.38. The Labute approximate surface area is 91.6 Å². The van der Waals surface area contributed by atoms with E-state index in [0.717, 1.165) is 11.1 Å². The van der Waals surface area contributed by atoms with Gasteiger partial charge in [0.15, 0.2) is 5.78 Å². The summed E-state index contributed by atoms with van der Waals surface area (Å²) in [6.45, 7) is 0. The third kappa shape index (κ3) is 0.990. The Kier molecular flexibility index (Phi) is 1.72. The number of benzene rings is 1. The largest absolute Gasteiger partial charge is 0.361 e. The summed E-state index contributed by atoms with van der Waals surface area (Å²) in [6.07, 6.45) is 1.87. The number of hydrogen-bond donors (Lipinski definition) is 0. The number of hydrogen-bond acceptors (Lipinski definition) is 2. The van der Waals surface area contributed by atoms with Crippen molar-refractivity contribution < 1.29 is 9.58 Å². The van der Waals surface area contributed by atoms with E-state index >= 15 is 0 Å². The number of Topliss-reactive ketones (excluding diaryl/α,β-unsaturated/α-hetero) is 1. The minimum Gasteiger partial charge on any atom is -0.361 e. The number of rotatable bonds is 0. The van der Waals surface area contributed by atoms with Crippen LogP contribution in [-0.2, 0) is 4.79 Å². The topological polar surface area (TPSA) is 65.8 Å². The van der Waals surface area contributed by atoms with Gasteiger partial charge in [-0.05, 0) is 6.07 Å². The highest BCUT2D eigenvalue weighted by molar-refractivity contribution is 6.37.